The number of carbonyl (C=O) groups excluding carboxylic acids is 1. The van der Waals surface area contributed by atoms with Gasteiger partial charge in [-0.15, -0.1) is 0 Å². The van der Waals surface area contributed by atoms with Gasteiger partial charge in [0.1, 0.15) is 6.29 Å². The average molecular weight is 178 g/mol. The monoisotopic (exact) mass is 178 g/mol. The molecular weight excluding hydrogens is 164 g/mol. The normalized spacial score (nSPS) is 11.3. The van der Waals surface area contributed by atoms with E-state index in [9.17, 15) is 4.79 Å². The lowest BCUT2D eigenvalue weighted by Gasteiger charge is -2.16. The predicted octanol–water partition coefficient (Wildman–Crippen LogP) is 1.52. The standard InChI is InChI=1S/C10H14N2O/c1-10(2,3)9-7-11-8(4-5-13)6-12-9/h5-7H,4H2,1-3H3. The molecule has 0 fully saturated rings. The van der Waals surface area contributed by atoms with E-state index in [-0.39, 0.29) is 5.41 Å². The van der Waals surface area contributed by atoms with Gasteiger partial charge in [-0.25, -0.2) is 0 Å². The molecule has 1 aromatic rings. The summed E-state index contributed by atoms with van der Waals surface area (Å²) in [5.41, 5.74) is 1.69. The number of nitrogens with zero attached hydrogens (tertiary/aromatic N) is 2. The van der Waals surface area contributed by atoms with Gasteiger partial charge < -0.3 is 4.79 Å². The third-order valence-electron chi connectivity index (χ3n) is 1.77. The second-order valence-electron chi connectivity index (χ2n) is 4.01. The van der Waals surface area contributed by atoms with Crippen LogP contribution in [-0.2, 0) is 16.6 Å². The van der Waals surface area contributed by atoms with Crippen LogP contribution in [0.25, 0.3) is 0 Å². The topological polar surface area (TPSA) is 42.9 Å². The first kappa shape index (κ1) is 9.84. The van der Waals surface area contributed by atoms with E-state index in [1.54, 1.807) is 12.4 Å². The van der Waals surface area contributed by atoms with E-state index in [0.717, 1.165) is 17.7 Å². The highest BCUT2D eigenvalue weighted by atomic mass is 16.1. The highest BCUT2D eigenvalue weighted by Gasteiger charge is 2.15. The third kappa shape index (κ3) is 2.61. The number of aromatic nitrogens is 2. The summed E-state index contributed by atoms with van der Waals surface area (Å²) < 4.78 is 0. The Bertz CT molecular complexity index is 285. The van der Waals surface area contributed by atoms with E-state index in [2.05, 4.69) is 30.7 Å². The molecule has 70 valence electrons. The fourth-order valence-corrected chi connectivity index (χ4v) is 0.933. The van der Waals surface area contributed by atoms with Crippen LogP contribution in [0.5, 0.6) is 0 Å². The van der Waals surface area contributed by atoms with Gasteiger partial charge in [0.2, 0.25) is 0 Å². The van der Waals surface area contributed by atoms with E-state index in [0.29, 0.717) is 6.42 Å². The Morgan fingerprint density at radius 3 is 2.38 bits per heavy atom. The van der Waals surface area contributed by atoms with E-state index < -0.39 is 0 Å². The van der Waals surface area contributed by atoms with Gasteiger partial charge >= 0.3 is 0 Å². The van der Waals surface area contributed by atoms with Gasteiger partial charge in [-0.1, -0.05) is 20.8 Å². The molecule has 3 heteroatoms. The predicted molar refractivity (Wildman–Crippen MR) is 50.5 cm³/mol. The number of rotatable bonds is 2. The van der Waals surface area contributed by atoms with Crippen LogP contribution in [0.3, 0.4) is 0 Å². The summed E-state index contributed by atoms with van der Waals surface area (Å²) in [7, 11) is 0. The average Bonchev–Trinajstić information content (AvgIpc) is 2.04. The van der Waals surface area contributed by atoms with Crippen molar-refractivity contribution in [1.82, 2.24) is 9.97 Å². The molecule has 0 saturated carbocycles. The molecule has 1 rings (SSSR count). The van der Waals surface area contributed by atoms with Crippen molar-refractivity contribution in [1.29, 1.82) is 0 Å². The Kier molecular flexibility index (Phi) is 2.76. The Morgan fingerprint density at radius 2 is 2.00 bits per heavy atom. The zero-order valence-electron chi connectivity index (χ0n) is 8.24. The molecule has 0 aromatic carbocycles. The molecule has 0 spiro atoms. The minimum Gasteiger partial charge on any atom is -0.303 e. The maximum absolute atomic E-state index is 10.2. The first-order valence-electron chi connectivity index (χ1n) is 4.29. The number of carbonyl (C=O) groups is 1. The summed E-state index contributed by atoms with van der Waals surface area (Å²) in [6.45, 7) is 6.24. The Morgan fingerprint density at radius 1 is 1.31 bits per heavy atom. The van der Waals surface area contributed by atoms with Crippen molar-refractivity contribution in [2.75, 3.05) is 0 Å². The van der Waals surface area contributed by atoms with Crippen LogP contribution < -0.4 is 0 Å². The van der Waals surface area contributed by atoms with Crippen LogP contribution in [0, 0.1) is 0 Å². The molecule has 0 saturated heterocycles. The van der Waals surface area contributed by atoms with Gasteiger partial charge in [-0.05, 0) is 0 Å². The van der Waals surface area contributed by atoms with Crippen LogP contribution in [-0.4, -0.2) is 16.3 Å². The quantitative estimate of drug-likeness (QED) is 0.645. The zero-order valence-corrected chi connectivity index (χ0v) is 8.24. The van der Waals surface area contributed by atoms with Crippen molar-refractivity contribution < 1.29 is 4.79 Å². The molecule has 0 atom stereocenters. The van der Waals surface area contributed by atoms with E-state index in [1.807, 2.05) is 0 Å². The maximum atomic E-state index is 10.2. The summed E-state index contributed by atoms with van der Waals surface area (Å²) >= 11 is 0. The largest absolute Gasteiger partial charge is 0.303 e. The lowest BCUT2D eigenvalue weighted by atomic mass is 9.93. The van der Waals surface area contributed by atoms with Crippen molar-refractivity contribution in [2.45, 2.75) is 32.6 Å². The Hall–Kier alpha value is -1.25. The molecule has 0 radical (unpaired) electrons. The molecule has 3 nitrogen and oxygen atoms in total. The van der Waals surface area contributed by atoms with Crippen LogP contribution in [0.4, 0.5) is 0 Å². The van der Waals surface area contributed by atoms with Crippen molar-refractivity contribution in [3.8, 4) is 0 Å². The first-order valence-corrected chi connectivity index (χ1v) is 4.29. The van der Waals surface area contributed by atoms with Crippen LogP contribution in [0.1, 0.15) is 32.2 Å². The van der Waals surface area contributed by atoms with Crippen LogP contribution in [0.15, 0.2) is 12.4 Å². The second-order valence-corrected chi connectivity index (χ2v) is 4.01. The van der Waals surface area contributed by atoms with Crippen molar-refractivity contribution in [3.63, 3.8) is 0 Å². The Labute approximate surface area is 78.2 Å². The molecule has 0 aliphatic rings. The summed E-state index contributed by atoms with van der Waals surface area (Å²) in [5, 5.41) is 0. The van der Waals surface area contributed by atoms with E-state index in [1.165, 1.54) is 0 Å². The smallest absolute Gasteiger partial charge is 0.125 e. The Balaban J connectivity index is 2.87. The number of aldehydes is 1. The summed E-state index contributed by atoms with van der Waals surface area (Å²) in [5.74, 6) is 0. The minimum atomic E-state index is 0.0205. The van der Waals surface area contributed by atoms with Crippen molar-refractivity contribution >= 4 is 6.29 Å². The van der Waals surface area contributed by atoms with Gasteiger partial charge in [0, 0.05) is 24.2 Å². The molecule has 0 unspecified atom stereocenters. The minimum absolute atomic E-state index is 0.0205. The second kappa shape index (κ2) is 3.64. The third-order valence-corrected chi connectivity index (χ3v) is 1.77. The summed E-state index contributed by atoms with van der Waals surface area (Å²) in [4.78, 5) is 18.6. The van der Waals surface area contributed by atoms with Crippen LogP contribution >= 0.6 is 0 Å². The molecular formula is C10H14N2O. The van der Waals surface area contributed by atoms with E-state index in [4.69, 9.17) is 0 Å². The van der Waals surface area contributed by atoms with E-state index >= 15 is 0 Å². The lowest BCUT2D eigenvalue weighted by Crippen LogP contribution is -2.14. The van der Waals surface area contributed by atoms with Crippen molar-refractivity contribution in [3.05, 3.63) is 23.8 Å². The molecule has 0 aliphatic heterocycles. The fourth-order valence-electron chi connectivity index (χ4n) is 0.933. The highest BCUT2D eigenvalue weighted by molar-refractivity contribution is 5.53. The molecule has 1 aromatic heterocycles. The lowest BCUT2D eigenvalue weighted by molar-refractivity contribution is -0.107. The van der Waals surface area contributed by atoms with Crippen molar-refractivity contribution in [2.24, 2.45) is 0 Å². The van der Waals surface area contributed by atoms with Gasteiger partial charge in [-0.3, -0.25) is 9.97 Å². The first-order chi connectivity index (χ1) is 6.04. The number of hydrogen-bond donors (Lipinski definition) is 0. The fraction of sp³-hybridized carbons (Fsp3) is 0.500. The highest BCUT2D eigenvalue weighted by Crippen LogP contribution is 2.18. The summed E-state index contributed by atoms with van der Waals surface area (Å²) in [6, 6.07) is 0. The summed E-state index contributed by atoms with van der Waals surface area (Å²) in [6.07, 6.45) is 4.58. The van der Waals surface area contributed by atoms with Crippen LogP contribution in [0.2, 0.25) is 0 Å². The maximum Gasteiger partial charge on any atom is 0.125 e. The molecule has 0 amide bonds. The zero-order chi connectivity index (χ0) is 9.90. The van der Waals surface area contributed by atoms with Gasteiger partial charge in [0.05, 0.1) is 11.4 Å². The molecule has 1 heterocycles. The van der Waals surface area contributed by atoms with Gasteiger partial charge in [-0.2, -0.15) is 0 Å². The SMILES string of the molecule is CC(C)(C)c1cnc(CC=O)cn1. The van der Waals surface area contributed by atoms with Gasteiger partial charge in [0.25, 0.3) is 0 Å². The molecule has 0 bridgehead atoms. The molecule has 0 aliphatic carbocycles. The van der Waals surface area contributed by atoms with Gasteiger partial charge in [0.15, 0.2) is 0 Å². The molecule has 13 heavy (non-hydrogen) atoms. The molecule has 0 N–H and O–H groups in total. The number of hydrogen-bond acceptors (Lipinski definition) is 3.